The molecule has 2 radical (unpaired) electrons. The van der Waals surface area contributed by atoms with Gasteiger partial charge in [0.2, 0.25) is 0 Å². The predicted molar refractivity (Wildman–Crippen MR) is 77.3 cm³/mol. The molecule has 0 aromatic heterocycles. The van der Waals surface area contributed by atoms with E-state index in [1.165, 1.54) is 24.3 Å². The van der Waals surface area contributed by atoms with Gasteiger partial charge in [-0.15, -0.1) is 23.3 Å². The topological polar surface area (TPSA) is 115 Å². The fraction of sp³-hybridized carbons (Fsp3) is 0.125. The van der Waals surface area contributed by atoms with Crippen LogP contribution in [0.25, 0.3) is 0 Å². The fourth-order valence-electron chi connectivity index (χ4n) is 1.45. The van der Waals surface area contributed by atoms with E-state index in [-0.39, 0.29) is 88.0 Å². The SMILES string of the molecule is Cc1cc(C(=O)O)c[c-]c1O.Cc1cc(C(=O)O)c[c-]c1O.[Y].[Y]. The number of aromatic hydroxyl groups is 2. The van der Waals surface area contributed by atoms with Crippen LogP contribution in [0.5, 0.6) is 11.5 Å². The number of rotatable bonds is 2. The van der Waals surface area contributed by atoms with Crippen molar-refractivity contribution in [1.82, 2.24) is 0 Å². The minimum atomic E-state index is -1.01. The maximum Gasteiger partial charge on any atom is 0.278 e. The number of benzene rings is 2. The average Bonchev–Trinajstić information content (AvgIpc) is 2.45. The van der Waals surface area contributed by atoms with Gasteiger partial charge in [-0.05, 0) is 0 Å². The molecule has 0 aliphatic rings. The first-order valence-corrected chi connectivity index (χ1v) is 6.11. The van der Waals surface area contributed by atoms with E-state index >= 15 is 0 Å². The molecule has 2 rings (SSSR count). The van der Waals surface area contributed by atoms with Crippen molar-refractivity contribution in [1.29, 1.82) is 0 Å². The second-order valence-electron chi connectivity index (χ2n) is 4.45. The van der Waals surface area contributed by atoms with Gasteiger partial charge in [0, 0.05) is 76.9 Å². The fourth-order valence-corrected chi connectivity index (χ4v) is 1.45. The van der Waals surface area contributed by atoms with Gasteiger partial charge in [0.1, 0.15) is 0 Å². The third-order valence-electron chi connectivity index (χ3n) is 2.71. The Balaban J connectivity index is 0. The second kappa shape index (κ2) is 11.7. The number of phenols is 2. The minimum absolute atomic E-state index is 0. The zero-order chi connectivity index (χ0) is 16.9. The molecule has 0 fully saturated rings. The third-order valence-corrected chi connectivity index (χ3v) is 2.71. The van der Waals surface area contributed by atoms with Gasteiger partial charge in [0.05, 0.1) is 0 Å². The van der Waals surface area contributed by atoms with Crippen LogP contribution in [0.1, 0.15) is 31.8 Å². The summed E-state index contributed by atoms with van der Waals surface area (Å²) >= 11 is 0. The molecule has 0 unspecified atom stereocenters. The number of aryl methyl sites for hydroxylation is 2. The summed E-state index contributed by atoms with van der Waals surface area (Å²) in [6.45, 7) is 3.25. The van der Waals surface area contributed by atoms with Gasteiger partial charge in [0.15, 0.2) is 0 Å². The van der Waals surface area contributed by atoms with Gasteiger partial charge in [0.25, 0.3) is 11.9 Å². The van der Waals surface area contributed by atoms with Crippen molar-refractivity contribution in [3.05, 3.63) is 58.7 Å². The molecule has 0 spiro atoms. The molecule has 0 atom stereocenters. The number of hydrogen-bond donors (Lipinski definition) is 4. The Morgan fingerprint density at radius 3 is 1.29 bits per heavy atom. The summed E-state index contributed by atoms with van der Waals surface area (Å²) in [6.07, 6.45) is 0. The summed E-state index contributed by atoms with van der Waals surface area (Å²) in [5.41, 5.74) is 1.32. The maximum absolute atomic E-state index is 10.4. The molecule has 0 amide bonds. The van der Waals surface area contributed by atoms with Gasteiger partial charge in [-0.1, -0.05) is 25.0 Å². The Bertz CT molecular complexity index is 654. The van der Waals surface area contributed by atoms with Crippen LogP contribution in [0.4, 0.5) is 0 Å². The van der Waals surface area contributed by atoms with Crippen molar-refractivity contribution in [3.63, 3.8) is 0 Å². The molecule has 0 aliphatic heterocycles. The first kappa shape index (κ1) is 25.4. The van der Waals surface area contributed by atoms with E-state index in [1.54, 1.807) is 13.8 Å². The first-order chi connectivity index (χ1) is 10.2. The van der Waals surface area contributed by atoms with Crippen LogP contribution in [0.3, 0.4) is 0 Å². The van der Waals surface area contributed by atoms with Crippen molar-refractivity contribution in [3.8, 4) is 11.5 Å². The molecule has 0 saturated heterocycles. The molecule has 122 valence electrons. The summed E-state index contributed by atoms with van der Waals surface area (Å²) in [5, 5.41) is 35.0. The van der Waals surface area contributed by atoms with E-state index in [0.29, 0.717) is 11.1 Å². The molecule has 4 N–H and O–H groups in total. The van der Waals surface area contributed by atoms with Crippen LogP contribution >= 0.6 is 0 Å². The maximum atomic E-state index is 10.4. The quantitative estimate of drug-likeness (QED) is 0.491. The van der Waals surface area contributed by atoms with E-state index in [0.717, 1.165) is 0 Å². The summed E-state index contributed by atoms with van der Waals surface area (Å²) in [4.78, 5) is 20.7. The van der Waals surface area contributed by atoms with Gasteiger partial charge in [-0.3, -0.25) is 9.59 Å². The van der Waals surface area contributed by atoms with E-state index in [4.69, 9.17) is 20.4 Å². The number of carboxylic acid groups (broad SMARTS) is 2. The molecule has 8 heteroatoms. The van der Waals surface area contributed by atoms with E-state index in [1.807, 2.05) is 0 Å². The smallest absolute Gasteiger partial charge is 0.278 e. The zero-order valence-electron chi connectivity index (χ0n) is 13.1. The molecular weight excluding hydrogens is 466 g/mol. The first-order valence-electron chi connectivity index (χ1n) is 6.11. The van der Waals surface area contributed by atoms with E-state index in [9.17, 15) is 9.59 Å². The minimum Gasteiger partial charge on any atom is -0.534 e. The second-order valence-corrected chi connectivity index (χ2v) is 4.45. The van der Waals surface area contributed by atoms with E-state index < -0.39 is 11.9 Å². The van der Waals surface area contributed by atoms with Crippen molar-refractivity contribution >= 4 is 11.9 Å². The Labute approximate surface area is 189 Å². The molecular formula is C16H14O6Y2-2. The van der Waals surface area contributed by atoms with Crippen molar-refractivity contribution < 1.29 is 95.4 Å². The van der Waals surface area contributed by atoms with Crippen molar-refractivity contribution in [2.45, 2.75) is 13.8 Å². The molecule has 0 saturated carbocycles. The predicted octanol–water partition coefficient (Wildman–Crippen LogP) is 2.39. The van der Waals surface area contributed by atoms with Crippen LogP contribution in [-0.4, -0.2) is 32.4 Å². The number of aromatic carboxylic acids is 2. The monoisotopic (exact) mass is 480 g/mol. The normalized spacial score (nSPS) is 8.75. The van der Waals surface area contributed by atoms with Gasteiger partial charge < -0.3 is 20.4 Å². The Hall–Kier alpha value is -0.812. The Morgan fingerprint density at radius 1 is 0.792 bits per heavy atom. The average molecular weight is 480 g/mol. The molecule has 0 bridgehead atoms. The van der Waals surface area contributed by atoms with Gasteiger partial charge in [-0.2, -0.15) is 24.3 Å². The van der Waals surface area contributed by atoms with Crippen molar-refractivity contribution in [2.24, 2.45) is 0 Å². The van der Waals surface area contributed by atoms with Gasteiger partial charge in [-0.25, -0.2) is 0 Å². The van der Waals surface area contributed by atoms with Crippen LogP contribution in [0.15, 0.2) is 24.3 Å². The Kier molecular flexibility index (Phi) is 12.4. The van der Waals surface area contributed by atoms with Gasteiger partial charge >= 0.3 is 0 Å². The molecule has 0 aliphatic carbocycles. The van der Waals surface area contributed by atoms with Crippen LogP contribution < -0.4 is 0 Å². The number of carboxylic acids is 2. The number of carbonyl (C=O) groups is 2. The largest absolute Gasteiger partial charge is 0.534 e. The molecule has 2 aromatic carbocycles. The van der Waals surface area contributed by atoms with Crippen molar-refractivity contribution in [2.75, 3.05) is 0 Å². The Morgan fingerprint density at radius 2 is 1.08 bits per heavy atom. The molecule has 24 heavy (non-hydrogen) atoms. The summed E-state index contributed by atoms with van der Waals surface area (Å²) in [6, 6.07) is 10.1. The number of phenolic OH excluding ortho intramolecular Hbond substituents is 2. The summed E-state index contributed by atoms with van der Waals surface area (Å²) in [7, 11) is 0. The summed E-state index contributed by atoms with van der Waals surface area (Å²) in [5.74, 6) is -2.03. The third kappa shape index (κ3) is 7.84. The zero-order valence-corrected chi connectivity index (χ0v) is 18.7. The molecule has 0 heterocycles. The number of hydrogen-bond acceptors (Lipinski definition) is 4. The molecule has 6 nitrogen and oxygen atoms in total. The van der Waals surface area contributed by atoms with Crippen LogP contribution in [-0.2, 0) is 65.4 Å². The molecule has 2 aromatic rings. The summed E-state index contributed by atoms with van der Waals surface area (Å²) < 4.78 is 0. The standard InChI is InChI=1S/2C8H7O3.2Y/c2*1-5-4-6(8(10)11)2-3-7(5)9;;/h2*2,4,9H,1H3,(H,10,11);;/q2*-1;;. The van der Waals surface area contributed by atoms with E-state index in [2.05, 4.69) is 12.1 Å². The van der Waals surface area contributed by atoms with Crippen LogP contribution in [0.2, 0.25) is 0 Å². The van der Waals surface area contributed by atoms with Crippen LogP contribution in [0, 0.1) is 26.0 Å².